The standard InChI is InChI=1S/C13H14ClFN4/c1-7-17-8(2)19-12(18-7)13(3,14)9-5-4-6-10(15)11(9)16/h4-6H,16H2,1-3H3. The lowest BCUT2D eigenvalue weighted by molar-refractivity contribution is 0.624. The molecule has 1 atom stereocenters. The average molecular weight is 281 g/mol. The van der Waals surface area contributed by atoms with Crippen molar-refractivity contribution in [3.05, 3.63) is 47.1 Å². The lowest BCUT2D eigenvalue weighted by Gasteiger charge is -2.23. The predicted molar refractivity (Wildman–Crippen MR) is 72.4 cm³/mol. The SMILES string of the molecule is Cc1nc(C)nc(C(C)(Cl)c2cccc(F)c2N)n1. The number of anilines is 1. The summed E-state index contributed by atoms with van der Waals surface area (Å²) in [5, 5.41) is 0. The van der Waals surface area contributed by atoms with Gasteiger partial charge in [0, 0.05) is 5.56 Å². The normalized spacial score (nSPS) is 14.2. The first-order chi connectivity index (χ1) is 8.82. The van der Waals surface area contributed by atoms with Crippen molar-refractivity contribution in [1.82, 2.24) is 15.0 Å². The molecule has 0 aliphatic carbocycles. The Morgan fingerprint density at radius 2 is 1.74 bits per heavy atom. The highest BCUT2D eigenvalue weighted by Crippen LogP contribution is 2.38. The first kappa shape index (κ1) is 13.7. The zero-order valence-corrected chi connectivity index (χ0v) is 11.7. The van der Waals surface area contributed by atoms with Gasteiger partial charge in [-0.05, 0) is 26.8 Å². The molecule has 6 heteroatoms. The summed E-state index contributed by atoms with van der Waals surface area (Å²) >= 11 is 6.51. The summed E-state index contributed by atoms with van der Waals surface area (Å²) in [6.07, 6.45) is 0. The number of nitrogens with two attached hydrogens (primary N) is 1. The fraction of sp³-hybridized carbons (Fsp3) is 0.308. The maximum Gasteiger partial charge on any atom is 0.157 e. The first-order valence-corrected chi connectivity index (χ1v) is 6.13. The van der Waals surface area contributed by atoms with Crippen LogP contribution in [-0.2, 0) is 4.87 Å². The van der Waals surface area contributed by atoms with E-state index in [9.17, 15) is 4.39 Å². The molecule has 0 bridgehead atoms. The van der Waals surface area contributed by atoms with Crippen molar-refractivity contribution in [2.75, 3.05) is 5.73 Å². The summed E-state index contributed by atoms with van der Waals surface area (Å²) in [7, 11) is 0. The van der Waals surface area contributed by atoms with Crippen LogP contribution in [0.2, 0.25) is 0 Å². The highest BCUT2D eigenvalue weighted by molar-refractivity contribution is 6.25. The Labute approximate surface area is 115 Å². The second-order valence-electron chi connectivity index (χ2n) is 4.46. The predicted octanol–water partition coefficient (Wildman–Crippen LogP) is 2.71. The molecule has 0 spiro atoms. The first-order valence-electron chi connectivity index (χ1n) is 5.75. The second-order valence-corrected chi connectivity index (χ2v) is 5.21. The third-order valence-electron chi connectivity index (χ3n) is 2.84. The van der Waals surface area contributed by atoms with Crippen LogP contribution >= 0.6 is 11.6 Å². The van der Waals surface area contributed by atoms with Gasteiger partial charge in [0.05, 0.1) is 5.69 Å². The number of aromatic nitrogens is 3. The van der Waals surface area contributed by atoms with Crippen molar-refractivity contribution < 1.29 is 4.39 Å². The molecule has 0 amide bonds. The Kier molecular flexibility index (Phi) is 3.41. The number of aryl methyl sites for hydroxylation is 2. The van der Waals surface area contributed by atoms with Gasteiger partial charge >= 0.3 is 0 Å². The van der Waals surface area contributed by atoms with E-state index < -0.39 is 10.7 Å². The van der Waals surface area contributed by atoms with Gasteiger partial charge in [-0.1, -0.05) is 12.1 Å². The molecule has 0 radical (unpaired) electrons. The van der Waals surface area contributed by atoms with Crippen LogP contribution in [0.5, 0.6) is 0 Å². The lowest BCUT2D eigenvalue weighted by atomic mass is 9.97. The third kappa shape index (κ3) is 2.51. The van der Waals surface area contributed by atoms with E-state index in [1.807, 2.05) is 0 Å². The van der Waals surface area contributed by atoms with Crippen molar-refractivity contribution >= 4 is 17.3 Å². The van der Waals surface area contributed by atoms with Gasteiger partial charge in [0.2, 0.25) is 0 Å². The van der Waals surface area contributed by atoms with Crippen LogP contribution in [0.3, 0.4) is 0 Å². The Morgan fingerprint density at radius 3 is 2.32 bits per heavy atom. The molecule has 0 aliphatic rings. The number of nitrogens with zero attached hydrogens (tertiary/aromatic N) is 3. The zero-order chi connectivity index (χ0) is 14.2. The summed E-state index contributed by atoms with van der Waals surface area (Å²) in [6, 6.07) is 4.51. The minimum atomic E-state index is -1.11. The summed E-state index contributed by atoms with van der Waals surface area (Å²) in [6.45, 7) is 5.19. The lowest BCUT2D eigenvalue weighted by Crippen LogP contribution is -2.23. The molecular formula is C13H14ClFN4. The van der Waals surface area contributed by atoms with E-state index in [-0.39, 0.29) is 5.69 Å². The van der Waals surface area contributed by atoms with E-state index in [2.05, 4.69) is 15.0 Å². The molecule has 0 aliphatic heterocycles. The monoisotopic (exact) mass is 280 g/mol. The number of hydrogen-bond donors (Lipinski definition) is 1. The quantitative estimate of drug-likeness (QED) is 0.678. The number of benzene rings is 1. The number of hydrogen-bond acceptors (Lipinski definition) is 4. The smallest absolute Gasteiger partial charge is 0.157 e. The number of nitrogen functional groups attached to an aromatic ring is 1. The van der Waals surface area contributed by atoms with Crippen molar-refractivity contribution in [2.45, 2.75) is 25.6 Å². The van der Waals surface area contributed by atoms with Gasteiger partial charge in [0.25, 0.3) is 0 Å². The molecular weight excluding hydrogens is 267 g/mol. The summed E-state index contributed by atoms with van der Waals surface area (Å²) < 4.78 is 13.5. The molecule has 4 nitrogen and oxygen atoms in total. The van der Waals surface area contributed by atoms with Gasteiger partial charge in [0.1, 0.15) is 22.3 Å². The number of rotatable bonds is 2. The molecule has 2 N–H and O–H groups in total. The minimum absolute atomic E-state index is 0.00992. The highest BCUT2D eigenvalue weighted by Gasteiger charge is 2.32. The highest BCUT2D eigenvalue weighted by atomic mass is 35.5. The minimum Gasteiger partial charge on any atom is -0.396 e. The average Bonchev–Trinajstić information content (AvgIpc) is 2.31. The number of para-hydroxylation sites is 1. The van der Waals surface area contributed by atoms with E-state index in [0.717, 1.165) is 0 Å². The summed E-state index contributed by atoms with van der Waals surface area (Å²) in [5.74, 6) is 0.969. The molecule has 1 aromatic heterocycles. The molecule has 1 heterocycles. The van der Waals surface area contributed by atoms with Crippen LogP contribution in [-0.4, -0.2) is 15.0 Å². The Balaban J connectivity index is 2.61. The Morgan fingerprint density at radius 1 is 1.16 bits per heavy atom. The second kappa shape index (κ2) is 4.74. The van der Waals surface area contributed by atoms with Crippen molar-refractivity contribution in [1.29, 1.82) is 0 Å². The Hall–Kier alpha value is -1.75. The van der Waals surface area contributed by atoms with Crippen LogP contribution in [0.15, 0.2) is 18.2 Å². The maximum absolute atomic E-state index is 13.5. The molecule has 2 rings (SSSR count). The van der Waals surface area contributed by atoms with Crippen LogP contribution < -0.4 is 5.73 Å². The van der Waals surface area contributed by atoms with Gasteiger partial charge in [0.15, 0.2) is 5.82 Å². The summed E-state index contributed by atoms with van der Waals surface area (Å²) in [4.78, 5) is 11.4. The zero-order valence-electron chi connectivity index (χ0n) is 10.9. The van der Waals surface area contributed by atoms with Gasteiger partial charge in [-0.2, -0.15) is 0 Å². The molecule has 2 aromatic rings. The van der Waals surface area contributed by atoms with Crippen molar-refractivity contribution in [3.8, 4) is 0 Å². The van der Waals surface area contributed by atoms with Gasteiger partial charge in [-0.3, -0.25) is 0 Å². The van der Waals surface area contributed by atoms with Crippen LogP contribution in [0.25, 0.3) is 0 Å². The van der Waals surface area contributed by atoms with Gasteiger partial charge in [-0.25, -0.2) is 19.3 Å². The van der Waals surface area contributed by atoms with E-state index in [4.69, 9.17) is 17.3 Å². The third-order valence-corrected chi connectivity index (χ3v) is 3.21. The van der Waals surface area contributed by atoms with Gasteiger partial charge in [-0.15, -0.1) is 11.6 Å². The fourth-order valence-electron chi connectivity index (χ4n) is 1.89. The molecule has 0 saturated carbocycles. The number of alkyl halides is 1. The van der Waals surface area contributed by atoms with Crippen LogP contribution in [0.4, 0.5) is 10.1 Å². The molecule has 0 fully saturated rings. The molecule has 19 heavy (non-hydrogen) atoms. The molecule has 1 aromatic carbocycles. The van der Waals surface area contributed by atoms with E-state index >= 15 is 0 Å². The largest absolute Gasteiger partial charge is 0.396 e. The Bertz CT molecular complexity index is 608. The van der Waals surface area contributed by atoms with Crippen LogP contribution in [0.1, 0.15) is 30.0 Å². The van der Waals surface area contributed by atoms with E-state index in [1.54, 1.807) is 32.9 Å². The summed E-state index contributed by atoms with van der Waals surface area (Å²) in [5.41, 5.74) is 6.21. The fourth-order valence-corrected chi connectivity index (χ4v) is 2.14. The molecule has 100 valence electrons. The maximum atomic E-state index is 13.5. The molecule has 0 saturated heterocycles. The topological polar surface area (TPSA) is 64.7 Å². The van der Waals surface area contributed by atoms with E-state index in [0.29, 0.717) is 23.0 Å². The van der Waals surface area contributed by atoms with Crippen molar-refractivity contribution in [3.63, 3.8) is 0 Å². The van der Waals surface area contributed by atoms with Crippen LogP contribution in [0, 0.1) is 19.7 Å². The van der Waals surface area contributed by atoms with E-state index in [1.165, 1.54) is 6.07 Å². The van der Waals surface area contributed by atoms with Gasteiger partial charge < -0.3 is 5.73 Å². The van der Waals surface area contributed by atoms with Crippen molar-refractivity contribution in [2.24, 2.45) is 0 Å². The number of halogens is 2. The molecule has 1 unspecified atom stereocenters.